The smallest absolute Gasteiger partial charge is 0.277 e. The fourth-order valence-corrected chi connectivity index (χ4v) is 4.15. The van der Waals surface area contributed by atoms with Crippen molar-refractivity contribution in [2.45, 2.75) is 13.0 Å². The maximum Gasteiger partial charge on any atom is 0.277 e. The zero-order valence-corrected chi connectivity index (χ0v) is 16.2. The fraction of sp³-hybridized carbons (Fsp3) is 0.278. The van der Waals surface area contributed by atoms with Crippen LogP contribution in [0.2, 0.25) is 0 Å². The maximum absolute atomic E-state index is 14.0. The van der Waals surface area contributed by atoms with Gasteiger partial charge in [-0.3, -0.25) is 4.79 Å². The van der Waals surface area contributed by atoms with Crippen LogP contribution >= 0.6 is 11.3 Å². The quantitative estimate of drug-likeness (QED) is 0.565. The molecule has 152 valence electrons. The maximum atomic E-state index is 14.0. The van der Waals surface area contributed by atoms with E-state index in [2.05, 4.69) is 20.3 Å². The Morgan fingerprint density at radius 2 is 2.03 bits per heavy atom. The fourth-order valence-electron chi connectivity index (χ4n) is 3.27. The number of nitrogens with two attached hydrogens (primary N) is 2. The number of fused-ring (bicyclic) bond motifs is 1. The number of thiazole rings is 1. The number of anilines is 3. The van der Waals surface area contributed by atoms with Gasteiger partial charge in [0.15, 0.2) is 11.5 Å². The Hall–Kier alpha value is -3.05. The SMILES string of the molecule is NCCCN1CCn2ncc(NC(=O)c3nc(-c4c(F)cccc4F)sc3N)c21. The summed E-state index contributed by atoms with van der Waals surface area (Å²) in [5.41, 5.74) is 11.6. The van der Waals surface area contributed by atoms with Gasteiger partial charge in [-0.2, -0.15) is 5.10 Å². The summed E-state index contributed by atoms with van der Waals surface area (Å²) in [6.45, 7) is 2.81. The summed E-state index contributed by atoms with van der Waals surface area (Å²) in [5, 5.41) is 7.12. The summed E-state index contributed by atoms with van der Waals surface area (Å²) in [4.78, 5) is 18.9. The summed E-state index contributed by atoms with van der Waals surface area (Å²) < 4.78 is 29.9. The van der Waals surface area contributed by atoms with Gasteiger partial charge in [0.2, 0.25) is 0 Å². The van der Waals surface area contributed by atoms with Crippen molar-refractivity contribution in [3.63, 3.8) is 0 Å². The number of halogens is 2. The molecule has 1 aromatic carbocycles. The topological polar surface area (TPSA) is 115 Å². The van der Waals surface area contributed by atoms with E-state index < -0.39 is 17.5 Å². The van der Waals surface area contributed by atoms with Crippen LogP contribution in [0.15, 0.2) is 24.4 Å². The first kappa shape index (κ1) is 19.3. The lowest BCUT2D eigenvalue weighted by molar-refractivity contribution is 0.102. The van der Waals surface area contributed by atoms with Crippen molar-refractivity contribution in [2.75, 3.05) is 35.6 Å². The van der Waals surface area contributed by atoms with Crippen molar-refractivity contribution < 1.29 is 13.6 Å². The molecule has 0 radical (unpaired) electrons. The summed E-state index contributed by atoms with van der Waals surface area (Å²) in [6.07, 6.45) is 2.37. The van der Waals surface area contributed by atoms with Crippen LogP contribution in [-0.2, 0) is 6.54 Å². The van der Waals surface area contributed by atoms with Crippen LogP contribution in [0.5, 0.6) is 0 Å². The highest BCUT2D eigenvalue weighted by Crippen LogP contribution is 2.35. The van der Waals surface area contributed by atoms with E-state index in [1.165, 1.54) is 6.07 Å². The minimum absolute atomic E-state index is 0.00746. The molecule has 5 N–H and O–H groups in total. The van der Waals surface area contributed by atoms with Crippen molar-refractivity contribution in [2.24, 2.45) is 5.73 Å². The molecule has 2 aromatic heterocycles. The molecule has 1 aliphatic rings. The number of hydrogen-bond acceptors (Lipinski definition) is 7. The van der Waals surface area contributed by atoms with Gasteiger partial charge >= 0.3 is 0 Å². The molecule has 0 atom stereocenters. The number of nitrogens with one attached hydrogen (secondary N) is 1. The largest absolute Gasteiger partial charge is 0.389 e. The lowest BCUT2D eigenvalue weighted by Crippen LogP contribution is -2.25. The Morgan fingerprint density at radius 3 is 2.76 bits per heavy atom. The molecular weight excluding hydrogens is 400 g/mol. The van der Waals surface area contributed by atoms with Gasteiger partial charge in [0.25, 0.3) is 5.91 Å². The number of amides is 1. The highest BCUT2D eigenvalue weighted by molar-refractivity contribution is 7.19. The minimum atomic E-state index is -0.768. The molecule has 0 spiro atoms. The summed E-state index contributed by atoms with van der Waals surface area (Å²) in [5.74, 6) is -1.31. The Kier molecular flexibility index (Phi) is 5.16. The second-order valence-corrected chi connectivity index (χ2v) is 7.55. The van der Waals surface area contributed by atoms with E-state index in [-0.39, 0.29) is 21.3 Å². The van der Waals surface area contributed by atoms with Crippen LogP contribution in [0.3, 0.4) is 0 Å². The first-order chi connectivity index (χ1) is 14.0. The second kappa shape index (κ2) is 7.76. The van der Waals surface area contributed by atoms with Gasteiger partial charge in [0.1, 0.15) is 27.3 Å². The molecule has 11 heteroatoms. The molecule has 4 rings (SSSR count). The Balaban J connectivity index is 1.59. The molecule has 0 bridgehead atoms. The van der Waals surface area contributed by atoms with Crippen molar-refractivity contribution >= 4 is 33.8 Å². The van der Waals surface area contributed by atoms with Gasteiger partial charge in [-0.1, -0.05) is 17.4 Å². The number of nitrogens with zero attached hydrogens (tertiary/aromatic N) is 4. The minimum Gasteiger partial charge on any atom is -0.389 e. The Labute approximate surface area is 169 Å². The lowest BCUT2D eigenvalue weighted by Gasteiger charge is -2.18. The number of hydrogen-bond donors (Lipinski definition) is 3. The number of nitrogen functional groups attached to an aromatic ring is 1. The van der Waals surface area contributed by atoms with E-state index in [1.807, 2.05) is 0 Å². The van der Waals surface area contributed by atoms with E-state index >= 15 is 0 Å². The Bertz CT molecular complexity index is 1040. The second-order valence-electron chi connectivity index (χ2n) is 6.52. The van der Waals surface area contributed by atoms with E-state index in [1.54, 1.807) is 10.9 Å². The third kappa shape index (κ3) is 3.54. The molecule has 1 amide bonds. The van der Waals surface area contributed by atoms with Crippen LogP contribution in [0.25, 0.3) is 10.6 Å². The molecule has 0 saturated heterocycles. The van der Waals surface area contributed by atoms with Gasteiger partial charge in [-0.25, -0.2) is 18.4 Å². The average Bonchev–Trinajstić information content (AvgIpc) is 3.37. The molecule has 8 nitrogen and oxygen atoms in total. The number of carbonyl (C=O) groups excluding carboxylic acids is 1. The zero-order valence-electron chi connectivity index (χ0n) is 15.4. The first-order valence-corrected chi connectivity index (χ1v) is 9.84. The average molecular weight is 419 g/mol. The molecule has 29 heavy (non-hydrogen) atoms. The van der Waals surface area contributed by atoms with E-state index in [0.717, 1.165) is 48.8 Å². The number of aromatic nitrogens is 3. The first-order valence-electron chi connectivity index (χ1n) is 9.02. The summed E-state index contributed by atoms with van der Waals surface area (Å²) >= 11 is 0.855. The predicted molar refractivity (Wildman–Crippen MR) is 108 cm³/mol. The zero-order chi connectivity index (χ0) is 20.5. The molecule has 1 aliphatic heterocycles. The number of carbonyl (C=O) groups is 1. The van der Waals surface area contributed by atoms with Crippen molar-refractivity contribution in [1.29, 1.82) is 0 Å². The third-order valence-corrected chi connectivity index (χ3v) is 5.52. The third-order valence-electron chi connectivity index (χ3n) is 4.62. The van der Waals surface area contributed by atoms with Gasteiger partial charge in [-0.05, 0) is 25.1 Å². The number of benzene rings is 1. The van der Waals surface area contributed by atoms with Crippen LogP contribution in [-0.4, -0.2) is 40.3 Å². The molecule has 0 aliphatic carbocycles. The van der Waals surface area contributed by atoms with Crippen molar-refractivity contribution in [3.8, 4) is 10.6 Å². The van der Waals surface area contributed by atoms with Crippen LogP contribution in [0.1, 0.15) is 16.9 Å². The van der Waals surface area contributed by atoms with Gasteiger partial charge in [0, 0.05) is 13.1 Å². The highest BCUT2D eigenvalue weighted by atomic mass is 32.1. The van der Waals surface area contributed by atoms with Crippen molar-refractivity contribution in [1.82, 2.24) is 14.8 Å². The number of rotatable bonds is 6. The van der Waals surface area contributed by atoms with E-state index in [4.69, 9.17) is 11.5 Å². The molecule has 3 heterocycles. The molecule has 0 fully saturated rings. The summed E-state index contributed by atoms with van der Waals surface area (Å²) in [6, 6.07) is 3.51. The van der Waals surface area contributed by atoms with Crippen LogP contribution < -0.4 is 21.7 Å². The highest BCUT2D eigenvalue weighted by Gasteiger charge is 2.27. The monoisotopic (exact) mass is 419 g/mol. The lowest BCUT2D eigenvalue weighted by atomic mass is 10.2. The normalized spacial score (nSPS) is 13.0. The predicted octanol–water partition coefficient (Wildman–Crippen LogP) is 2.29. The van der Waals surface area contributed by atoms with Crippen molar-refractivity contribution in [3.05, 3.63) is 41.7 Å². The summed E-state index contributed by atoms with van der Waals surface area (Å²) in [7, 11) is 0. The molecule has 0 saturated carbocycles. The van der Waals surface area contributed by atoms with Gasteiger partial charge in [-0.15, -0.1) is 0 Å². The molecular formula is C18H19F2N7OS. The van der Waals surface area contributed by atoms with Crippen LogP contribution in [0, 0.1) is 11.6 Å². The van der Waals surface area contributed by atoms with Crippen LogP contribution in [0.4, 0.5) is 25.3 Å². The van der Waals surface area contributed by atoms with Gasteiger partial charge < -0.3 is 21.7 Å². The van der Waals surface area contributed by atoms with Gasteiger partial charge in [0.05, 0.1) is 18.3 Å². The molecule has 0 unspecified atom stereocenters. The van der Waals surface area contributed by atoms with E-state index in [0.29, 0.717) is 18.8 Å². The van der Waals surface area contributed by atoms with E-state index in [9.17, 15) is 13.6 Å². The molecule has 3 aromatic rings. The Morgan fingerprint density at radius 1 is 1.28 bits per heavy atom. The standard InChI is InChI=1S/C18H19F2N7OS/c19-10-3-1-4-11(20)13(10)17-25-14(15(22)29-17)16(28)24-12-9-23-27-8-7-26(18(12)27)6-2-5-21/h1,3-4,9H,2,5-8,21-22H2,(H,24,28).